The van der Waals surface area contributed by atoms with E-state index in [-0.39, 0.29) is 59.1 Å². The Morgan fingerprint density at radius 3 is 1.69 bits per heavy atom. The first-order valence-corrected chi connectivity index (χ1v) is 6.43. The van der Waals surface area contributed by atoms with Crippen molar-refractivity contribution in [1.29, 1.82) is 0 Å². The molecule has 2 unspecified atom stereocenters. The summed E-state index contributed by atoms with van der Waals surface area (Å²) in [5.41, 5.74) is -2.74. The van der Waals surface area contributed by atoms with Gasteiger partial charge in [0.2, 0.25) is 0 Å². The van der Waals surface area contributed by atoms with Gasteiger partial charge in [0, 0.05) is 7.05 Å². The van der Waals surface area contributed by atoms with Gasteiger partial charge < -0.3 is 39.3 Å². The molecule has 4 N–H and O–H groups in total. The zero-order chi connectivity index (χ0) is 11.6. The number of hydrogen-bond donors (Lipinski definition) is 4. The number of hydrogen-bond acceptors (Lipinski definition) is 5. The molecule has 16 heavy (non-hydrogen) atoms. The van der Waals surface area contributed by atoms with Gasteiger partial charge in [0.05, 0.1) is 0 Å². The molecule has 2 atom stereocenters. The minimum absolute atomic E-state index is 0. The number of carbonyl (C=O) groups is 1. The first-order valence-electron chi connectivity index (χ1n) is 3.14. The first-order chi connectivity index (χ1) is 6.09. The first kappa shape index (κ1) is 22.7. The summed E-state index contributed by atoms with van der Waals surface area (Å²) in [6, 6.07) is -1.18. The molecular weight excluding hydrogens is 284 g/mol. The standard InChI is InChI=1S/C3H10N2O7P2.2Na/c1-4-2(6)5-3(13(7,8)9)14(10,11)12;;/h3H,1H3,(H2,4,5,6)(H2,7,8,9)(H2,10,11,12);;/q;2*+1/p-2. The number of carbonyl (C=O) groups excluding carboxylic acids is 1. The van der Waals surface area contributed by atoms with E-state index < -0.39 is 26.7 Å². The molecule has 0 aliphatic heterocycles. The Bertz CT molecular complexity index is 291. The molecule has 0 fully saturated rings. The van der Waals surface area contributed by atoms with E-state index in [1.807, 2.05) is 5.32 Å². The molecular formula is C3H8N2Na2O7P2. The summed E-state index contributed by atoms with van der Waals surface area (Å²) in [5, 5.41) is 3.19. The van der Waals surface area contributed by atoms with E-state index in [1.165, 1.54) is 5.32 Å². The van der Waals surface area contributed by atoms with Crippen molar-refractivity contribution in [2.45, 2.75) is 5.52 Å². The number of urea groups is 1. The van der Waals surface area contributed by atoms with Crippen LogP contribution in [-0.4, -0.2) is 28.4 Å². The molecule has 0 aromatic carbocycles. The average molecular weight is 292 g/mol. The fourth-order valence-corrected chi connectivity index (χ4v) is 2.57. The van der Waals surface area contributed by atoms with Crippen molar-refractivity contribution in [3.63, 3.8) is 0 Å². The monoisotopic (exact) mass is 292 g/mol. The van der Waals surface area contributed by atoms with Gasteiger partial charge in [-0.3, -0.25) is 0 Å². The zero-order valence-corrected chi connectivity index (χ0v) is 14.7. The van der Waals surface area contributed by atoms with Crippen LogP contribution in [0.15, 0.2) is 0 Å². The van der Waals surface area contributed by atoms with Crippen molar-refractivity contribution in [2.24, 2.45) is 0 Å². The molecule has 0 saturated carbocycles. The zero-order valence-electron chi connectivity index (χ0n) is 8.91. The molecule has 0 bridgehead atoms. The average Bonchev–Trinajstić information content (AvgIpc) is 1.95. The second-order valence-electron chi connectivity index (χ2n) is 2.23. The van der Waals surface area contributed by atoms with E-state index >= 15 is 0 Å². The van der Waals surface area contributed by atoms with Crippen LogP contribution in [0, 0.1) is 0 Å². The van der Waals surface area contributed by atoms with Crippen LogP contribution in [0.25, 0.3) is 0 Å². The van der Waals surface area contributed by atoms with Gasteiger partial charge in [-0.05, 0) is 0 Å². The number of amides is 2. The van der Waals surface area contributed by atoms with E-state index in [2.05, 4.69) is 0 Å². The van der Waals surface area contributed by atoms with Gasteiger partial charge in [-0.2, -0.15) is 0 Å². The molecule has 0 spiro atoms. The van der Waals surface area contributed by atoms with Crippen LogP contribution in [0.2, 0.25) is 0 Å². The molecule has 13 heteroatoms. The Hall–Kier alpha value is 1.57. The van der Waals surface area contributed by atoms with Crippen molar-refractivity contribution < 1.29 is 92.6 Å². The van der Waals surface area contributed by atoms with Gasteiger partial charge in [-0.1, -0.05) is 0 Å². The summed E-state index contributed by atoms with van der Waals surface area (Å²) >= 11 is 0. The smallest absolute Gasteiger partial charge is 0.777 e. The maximum Gasteiger partial charge on any atom is 1.00 e. The predicted octanol–water partition coefficient (Wildman–Crippen LogP) is -8.70. The summed E-state index contributed by atoms with van der Waals surface area (Å²) in [4.78, 5) is 48.2. The van der Waals surface area contributed by atoms with E-state index in [1.54, 1.807) is 0 Å². The molecule has 0 heterocycles. The Kier molecular flexibility index (Phi) is 12.3. The van der Waals surface area contributed by atoms with Crippen LogP contribution < -0.4 is 79.5 Å². The summed E-state index contributed by atoms with van der Waals surface area (Å²) in [5.74, 6) is 0. The quantitative estimate of drug-likeness (QED) is 0.296. The van der Waals surface area contributed by atoms with E-state index in [9.17, 15) is 23.7 Å². The number of rotatable bonds is 3. The molecule has 0 aromatic rings. The summed E-state index contributed by atoms with van der Waals surface area (Å²) in [6.07, 6.45) is 0. The fraction of sp³-hybridized carbons (Fsp3) is 0.667. The van der Waals surface area contributed by atoms with Crippen molar-refractivity contribution >= 4 is 21.2 Å². The molecule has 0 aliphatic carbocycles. The van der Waals surface area contributed by atoms with Crippen LogP contribution in [-0.2, 0) is 9.13 Å². The second-order valence-corrected chi connectivity index (χ2v) is 5.92. The third kappa shape index (κ3) is 8.63. The Labute approximate surface area is 136 Å². The van der Waals surface area contributed by atoms with Gasteiger partial charge in [0.1, 0.15) is 0 Å². The Morgan fingerprint density at radius 2 is 1.50 bits per heavy atom. The van der Waals surface area contributed by atoms with Crippen molar-refractivity contribution in [2.75, 3.05) is 7.05 Å². The normalized spacial score (nSPS) is 18.8. The summed E-state index contributed by atoms with van der Waals surface area (Å²) < 4.78 is 20.9. The maximum atomic E-state index is 10.6. The van der Waals surface area contributed by atoms with Crippen LogP contribution in [0.1, 0.15) is 0 Å². The van der Waals surface area contributed by atoms with Crippen LogP contribution in [0.3, 0.4) is 0 Å². The second kappa shape index (κ2) is 8.63. The number of nitrogens with one attached hydrogen (secondary N) is 2. The van der Waals surface area contributed by atoms with Crippen LogP contribution in [0.4, 0.5) is 4.79 Å². The SMILES string of the molecule is CNC(=O)NC(P(=O)([O-])O)P(=O)([O-])O.[Na+].[Na+]. The minimum atomic E-state index is -5.41. The molecule has 9 nitrogen and oxygen atoms in total. The predicted molar refractivity (Wildman–Crippen MR) is 41.0 cm³/mol. The third-order valence-corrected chi connectivity index (χ3v) is 4.35. The van der Waals surface area contributed by atoms with Crippen molar-refractivity contribution in [3.05, 3.63) is 0 Å². The molecule has 84 valence electrons. The summed E-state index contributed by atoms with van der Waals surface area (Å²) in [7, 11) is -9.73. The topological polar surface area (TPSA) is 162 Å². The minimum Gasteiger partial charge on any atom is -0.777 e. The van der Waals surface area contributed by atoms with Gasteiger partial charge in [-0.15, -0.1) is 0 Å². The molecule has 0 rings (SSSR count). The van der Waals surface area contributed by atoms with E-state index in [4.69, 9.17) is 9.79 Å². The fourth-order valence-electron chi connectivity index (χ4n) is 0.537. The van der Waals surface area contributed by atoms with Crippen LogP contribution >= 0.6 is 15.2 Å². The summed E-state index contributed by atoms with van der Waals surface area (Å²) in [6.45, 7) is 0. The Balaban J connectivity index is -0.000000845. The largest absolute Gasteiger partial charge is 1.00 e. The van der Waals surface area contributed by atoms with Crippen LogP contribution in [0.5, 0.6) is 0 Å². The van der Waals surface area contributed by atoms with Gasteiger partial charge in [0.25, 0.3) is 0 Å². The molecule has 0 radical (unpaired) electrons. The van der Waals surface area contributed by atoms with Gasteiger partial charge in [0.15, 0.2) is 20.7 Å². The molecule has 0 aromatic heterocycles. The van der Waals surface area contributed by atoms with Gasteiger partial charge >= 0.3 is 65.1 Å². The maximum absolute atomic E-state index is 10.6. The molecule has 0 saturated heterocycles. The third-order valence-electron chi connectivity index (χ3n) is 1.11. The molecule has 0 aliphatic rings. The van der Waals surface area contributed by atoms with Crippen molar-refractivity contribution in [3.8, 4) is 0 Å². The molecule has 2 amide bonds. The van der Waals surface area contributed by atoms with Crippen molar-refractivity contribution in [1.82, 2.24) is 10.6 Å². The van der Waals surface area contributed by atoms with E-state index in [0.717, 1.165) is 7.05 Å². The van der Waals surface area contributed by atoms with Gasteiger partial charge in [-0.25, -0.2) is 4.79 Å². The Morgan fingerprint density at radius 1 is 1.19 bits per heavy atom. The van der Waals surface area contributed by atoms with E-state index in [0.29, 0.717) is 0 Å².